The highest BCUT2D eigenvalue weighted by Gasteiger charge is 2.29. The Balaban J connectivity index is 1.66. The van der Waals surface area contributed by atoms with Gasteiger partial charge in [0.25, 0.3) is 5.91 Å². The molecule has 4 rings (SSSR count). The van der Waals surface area contributed by atoms with Crippen LogP contribution in [0.4, 0.5) is 9.52 Å². The number of aromatic nitrogens is 1. The van der Waals surface area contributed by atoms with Gasteiger partial charge in [0.05, 0.1) is 12.8 Å². The number of thiazole rings is 1. The molecule has 1 N–H and O–H groups in total. The van der Waals surface area contributed by atoms with E-state index in [2.05, 4.69) is 26.2 Å². The Labute approximate surface area is 155 Å². The highest BCUT2D eigenvalue weighted by atomic mass is 79.9. The number of halogens is 2. The van der Waals surface area contributed by atoms with Crippen LogP contribution in [0.1, 0.15) is 20.8 Å². The molecule has 0 aliphatic heterocycles. The normalized spacial score (nSPS) is 11.8. The molecular formula is C18H12BrFN2O2S. The fourth-order valence-electron chi connectivity index (χ4n) is 2.88. The van der Waals surface area contributed by atoms with Crippen LogP contribution in [0.3, 0.4) is 0 Å². The molecule has 0 fully saturated rings. The van der Waals surface area contributed by atoms with Gasteiger partial charge in [-0.05, 0) is 35.9 Å². The predicted molar refractivity (Wildman–Crippen MR) is 99.0 cm³/mol. The SMILES string of the molecule is COc1ccc(Br)c2c1-c1nc(NC(=O)c3cccc(F)c3)sc1C2. The highest BCUT2D eigenvalue weighted by Crippen LogP contribution is 2.48. The third-order valence-electron chi connectivity index (χ3n) is 4.02. The third-order valence-corrected chi connectivity index (χ3v) is 5.73. The van der Waals surface area contributed by atoms with Crippen molar-refractivity contribution in [2.75, 3.05) is 12.4 Å². The molecule has 126 valence electrons. The fourth-order valence-corrected chi connectivity index (χ4v) is 4.33. The van der Waals surface area contributed by atoms with Crippen molar-refractivity contribution in [3.05, 3.63) is 62.7 Å². The number of hydrogen-bond acceptors (Lipinski definition) is 4. The van der Waals surface area contributed by atoms with Crippen LogP contribution in [-0.4, -0.2) is 18.0 Å². The molecule has 0 saturated carbocycles. The maximum absolute atomic E-state index is 13.3. The molecule has 4 nitrogen and oxygen atoms in total. The van der Waals surface area contributed by atoms with Gasteiger partial charge in [0, 0.05) is 26.9 Å². The van der Waals surface area contributed by atoms with E-state index in [1.807, 2.05) is 12.1 Å². The minimum Gasteiger partial charge on any atom is -0.496 e. The van der Waals surface area contributed by atoms with Crippen molar-refractivity contribution in [2.45, 2.75) is 6.42 Å². The third kappa shape index (κ3) is 2.83. The lowest BCUT2D eigenvalue weighted by atomic mass is 10.1. The lowest BCUT2D eigenvalue weighted by molar-refractivity contribution is 0.102. The van der Waals surface area contributed by atoms with Crippen LogP contribution in [0.15, 0.2) is 40.9 Å². The second kappa shape index (κ2) is 6.24. The summed E-state index contributed by atoms with van der Waals surface area (Å²) >= 11 is 4.99. The number of ether oxygens (including phenoxy) is 1. The zero-order valence-electron chi connectivity index (χ0n) is 13.1. The number of anilines is 1. The van der Waals surface area contributed by atoms with Crippen molar-refractivity contribution in [2.24, 2.45) is 0 Å². The van der Waals surface area contributed by atoms with Crippen molar-refractivity contribution in [1.82, 2.24) is 4.98 Å². The van der Waals surface area contributed by atoms with Gasteiger partial charge in [0.2, 0.25) is 0 Å². The Morgan fingerprint density at radius 1 is 1.36 bits per heavy atom. The molecule has 1 aromatic heterocycles. The molecule has 7 heteroatoms. The van der Waals surface area contributed by atoms with E-state index in [0.717, 1.165) is 38.3 Å². The summed E-state index contributed by atoms with van der Waals surface area (Å²) in [7, 11) is 1.63. The summed E-state index contributed by atoms with van der Waals surface area (Å²) in [6.45, 7) is 0. The summed E-state index contributed by atoms with van der Waals surface area (Å²) in [6.07, 6.45) is 0.732. The van der Waals surface area contributed by atoms with Gasteiger partial charge in [-0.1, -0.05) is 22.0 Å². The summed E-state index contributed by atoms with van der Waals surface area (Å²) in [4.78, 5) is 17.9. The molecule has 1 amide bonds. The Kier molecular flexibility index (Phi) is 4.05. The molecule has 1 aliphatic rings. The molecular weight excluding hydrogens is 407 g/mol. The Morgan fingerprint density at radius 3 is 2.96 bits per heavy atom. The monoisotopic (exact) mass is 418 g/mol. The average Bonchev–Trinajstić information content (AvgIpc) is 3.13. The van der Waals surface area contributed by atoms with E-state index >= 15 is 0 Å². The quantitative estimate of drug-likeness (QED) is 0.515. The number of nitrogens with zero attached hydrogens (tertiary/aromatic N) is 1. The molecule has 2 aromatic carbocycles. The number of benzene rings is 2. The number of hydrogen-bond donors (Lipinski definition) is 1. The predicted octanol–water partition coefficient (Wildman–Crippen LogP) is 4.88. The second-order valence-electron chi connectivity index (χ2n) is 5.54. The topological polar surface area (TPSA) is 51.2 Å². The minimum atomic E-state index is -0.446. The van der Waals surface area contributed by atoms with Crippen molar-refractivity contribution in [3.8, 4) is 17.0 Å². The van der Waals surface area contributed by atoms with E-state index in [9.17, 15) is 9.18 Å². The highest BCUT2D eigenvalue weighted by molar-refractivity contribution is 9.10. The first kappa shape index (κ1) is 16.2. The first-order chi connectivity index (χ1) is 12.1. The van der Waals surface area contributed by atoms with Crippen LogP contribution >= 0.6 is 27.3 Å². The van der Waals surface area contributed by atoms with Gasteiger partial charge in [0.15, 0.2) is 5.13 Å². The lowest BCUT2D eigenvalue weighted by Gasteiger charge is -2.09. The summed E-state index contributed by atoms with van der Waals surface area (Å²) in [6, 6.07) is 9.42. The summed E-state index contributed by atoms with van der Waals surface area (Å²) in [5, 5.41) is 3.24. The molecule has 0 spiro atoms. The molecule has 0 saturated heterocycles. The van der Waals surface area contributed by atoms with Crippen molar-refractivity contribution >= 4 is 38.3 Å². The van der Waals surface area contributed by atoms with Crippen molar-refractivity contribution in [3.63, 3.8) is 0 Å². The minimum absolute atomic E-state index is 0.260. The molecule has 25 heavy (non-hydrogen) atoms. The molecule has 1 aliphatic carbocycles. The van der Waals surface area contributed by atoms with Crippen molar-refractivity contribution in [1.29, 1.82) is 0 Å². The van der Waals surface area contributed by atoms with Crippen LogP contribution in [0, 0.1) is 5.82 Å². The van der Waals surface area contributed by atoms with Gasteiger partial charge in [-0.25, -0.2) is 9.37 Å². The van der Waals surface area contributed by atoms with Crippen LogP contribution < -0.4 is 10.1 Å². The van der Waals surface area contributed by atoms with Gasteiger partial charge < -0.3 is 4.74 Å². The van der Waals surface area contributed by atoms with Crippen LogP contribution in [0.5, 0.6) is 5.75 Å². The number of carbonyl (C=O) groups excluding carboxylic acids is 1. The van der Waals surface area contributed by atoms with Crippen molar-refractivity contribution < 1.29 is 13.9 Å². The molecule has 1 heterocycles. The van der Waals surface area contributed by atoms with Gasteiger partial charge in [-0.3, -0.25) is 10.1 Å². The molecule has 3 aromatic rings. The number of fused-ring (bicyclic) bond motifs is 3. The van der Waals surface area contributed by atoms with E-state index in [0.29, 0.717) is 5.13 Å². The van der Waals surface area contributed by atoms with Crippen LogP contribution in [-0.2, 0) is 6.42 Å². The lowest BCUT2D eigenvalue weighted by Crippen LogP contribution is -2.11. The zero-order chi connectivity index (χ0) is 17.6. The number of methoxy groups -OCH3 is 1. The number of nitrogens with one attached hydrogen (secondary N) is 1. The van der Waals surface area contributed by atoms with Crippen LogP contribution in [0.2, 0.25) is 0 Å². The van der Waals surface area contributed by atoms with Gasteiger partial charge in [0.1, 0.15) is 11.6 Å². The summed E-state index contributed by atoms with van der Waals surface area (Å²) < 4.78 is 19.7. The molecule has 0 unspecified atom stereocenters. The zero-order valence-corrected chi connectivity index (χ0v) is 15.5. The number of carbonyl (C=O) groups is 1. The number of rotatable bonds is 3. The van der Waals surface area contributed by atoms with E-state index in [1.54, 1.807) is 13.2 Å². The molecule has 0 bridgehead atoms. The maximum Gasteiger partial charge on any atom is 0.257 e. The van der Waals surface area contributed by atoms with Gasteiger partial charge >= 0.3 is 0 Å². The van der Waals surface area contributed by atoms with E-state index in [-0.39, 0.29) is 11.5 Å². The summed E-state index contributed by atoms with van der Waals surface area (Å²) in [5.41, 5.74) is 3.18. The first-order valence-electron chi connectivity index (χ1n) is 7.49. The molecule has 0 atom stereocenters. The smallest absolute Gasteiger partial charge is 0.257 e. The summed E-state index contributed by atoms with van der Waals surface area (Å²) in [5.74, 6) is -0.0728. The van der Waals surface area contributed by atoms with E-state index in [1.165, 1.54) is 29.5 Å². The van der Waals surface area contributed by atoms with Crippen LogP contribution in [0.25, 0.3) is 11.3 Å². The van der Waals surface area contributed by atoms with E-state index < -0.39 is 5.82 Å². The first-order valence-corrected chi connectivity index (χ1v) is 9.10. The fraction of sp³-hybridized carbons (Fsp3) is 0.111. The largest absolute Gasteiger partial charge is 0.496 e. The Bertz CT molecular complexity index is 1000. The Hall–Kier alpha value is -2.25. The average molecular weight is 419 g/mol. The second-order valence-corrected chi connectivity index (χ2v) is 7.47. The van der Waals surface area contributed by atoms with E-state index in [4.69, 9.17) is 4.74 Å². The van der Waals surface area contributed by atoms with Gasteiger partial charge in [-0.2, -0.15) is 0 Å². The number of amides is 1. The standard InChI is InChI=1S/C18H12BrFN2O2S/c1-24-13-6-5-12(19)11-8-14-16(15(11)13)21-18(25-14)22-17(23)9-3-2-4-10(20)7-9/h2-7H,8H2,1H3,(H,21,22,23). The molecule has 0 radical (unpaired) electrons. The van der Waals surface area contributed by atoms with Gasteiger partial charge in [-0.15, -0.1) is 11.3 Å². The Morgan fingerprint density at radius 2 is 2.20 bits per heavy atom. The maximum atomic E-state index is 13.3.